The van der Waals surface area contributed by atoms with E-state index < -0.39 is 24.3 Å². The van der Waals surface area contributed by atoms with E-state index in [0.717, 1.165) is 12.1 Å². The van der Waals surface area contributed by atoms with Gasteiger partial charge in [-0.05, 0) is 49.7 Å². The molecule has 3 rings (SSSR count). The van der Waals surface area contributed by atoms with E-state index >= 15 is 0 Å². The van der Waals surface area contributed by atoms with Crippen LogP contribution in [-0.4, -0.2) is 29.4 Å². The fraction of sp³-hybridized carbons (Fsp3) is 0.273. The smallest absolute Gasteiger partial charge is 0.416 e. The highest BCUT2D eigenvalue weighted by atomic mass is 19.4. The van der Waals surface area contributed by atoms with Gasteiger partial charge in [-0.15, -0.1) is 0 Å². The van der Waals surface area contributed by atoms with Crippen LogP contribution in [0.3, 0.4) is 0 Å². The molecule has 1 amide bonds. The maximum atomic E-state index is 13.0. The number of hydrogen-bond acceptors (Lipinski definition) is 4. The maximum Gasteiger partial charge on any atom is 0.416 e. The van der Waals surface area contributed by atoms with Crippen LogP contribution in [0.2, 0.25) is 0 Å². The zero-order valence-corrected chi connectivity index (χ0v) is 17.8. The Morgan fingerprint density at radius 2 is 1.85 bits per heavy atom. The SMILES string of the molecule is COc1cc(C(=O)Nc2c(C)nn(Cc3cccc(C(F)(F)F)c3)c2C)ccc1OC(F)F. The lowest BCUT2D eigenvalue weighted by Gasteiger charge is -2.12. The number of benzene rings is 2. The molecule has 176 valence electrons. The van der Waals surface area contributed by atoms with E-state index in [4.69, 9.17) is 4.74 Å². The maximum absolute atomic E-state index is 13.0. The molecule has 0 saturated heterocycles. The molecule has 1 aromatic heterocycles. The number of carbonyl (C=O) groups excluding carboxylic acids is 1. The van der Waals surface area contributed by atoms with Gasteiger partial charge in [0.15, 0.2) is 11.5 Å². The lowest BCUT2D eigenvalue weighted by atomic mass is 10.1. The number of halogens is 5. The van der Waals surface area contributed by atoms with E-state index in [1.165, 1.54) is 36.1 Å². The first-order chi connectivity index (χ1) is 15.5. The summed E-state index contributed by atoms with van der Waals surface area (Å²) in [5.74, 6) is -0.816. The third kappa shape index (κ3) is 5.60. The summed E-state index contributed by atoms with van der Waals surface area (Å²) in [4.78, 5) is 12.7. The van der Waals surface area contributed by atoms with Gasteiger partial charge >= 0.3 is 12.8 Å². The fourth-order valence-corrected chi connectivity index (χ4v) is 3.24. The number of nitrogens with one attached hydrogen (secondary N) is 1. The van der Waals surface area contributed by atoms with Crippen LogP contribution in [-0.2, 0) is 12.7 Å². The zero-order chi connectivity index (χ0) is 24.3. The number of ether oxygens (including phenoxy) is 2. The molecule has 0 unspecified atom stereocenters. The lowest BCUT2D eigenvalue weighted by Crippen LogP contribution is -2.14. The Kier molecular flexibility index (Phi) is 6.89. The Labute approximate surface area is 185 Å². The number of amides is 1. The summed E-state index contributed by atoms with van der Waals surface area (Å²) in [6.45, 7) is 0.334. The molecule has 6 nitrogen and oxygen atoms in total. The van der Waals surface area contributed by atoms with Gasteiger partial charge in [-0.1, -0.05) is 12.1 Å². The van der Waals surface area contributed by atoms with E-state index in [-0.39, 0.29) is 23.6 Å². The molecule has 0 aliphatic rings. The quantitative estimate of drug-likeness (QED) is 0.469. The summed E-state index contributed by atoms with van der Waals surface area (Å²) in [6, 6.07) is 8.65. The third-order valence-corrected chi connectivity index (χ3v) is 4.85. The minimum atomic E-state index is -4.46. The van der Waals surface area contributed by atoms with Crippen LogP contribution in [0.4, 0.5) is 27.6 Å². The van der Waals surface area contributed by atoms with E-state index in [1.54, 1.807) is 19.9 Å². The second kappa shape index (κ2) is 9.47. The number of carbonyl (C=O) groups is 1. The summed E-state index contributed by atoms with van der Waals surface area (Å²) in [6.07, 6.45) is -4.46. The molecule has 0 atom stereocenters. The van der Waals surface area contributed by atoms with Crippen LogP contribution in [0, 0.1) is 13.8 Å². The van der Waals surface area contributed by atoms with E-state index in [9.17, 15) is 26.7 Å². The average molecular weight is 469 g/mol. The molecule has 0 saturated carbocycles. The van der Waals surface area contributed by atoms with Crippen molar-refractivity contribution in [3.8, 4) is 11.5 Å². The molecule has 0 radical (unpaired) electrons. The van der Waals surface area contributed by atoms with Gasteiger partial charge in [0, 0.05) is 5.56 Å². The van der Waals surface area contributed by atoms with Crippen molar-refractivity contribution >= 4 is 11.6 Å². The monoisotopic (exact) mass is 469 g/mol. The second-order valence-electron chi connectivity index (χ2n) is 7.10. The Morgan fingerprint density at radius 3 is 2.48 bits per heavy atom. The predicted molar refractivity (Wildman–Crippen MR) is 110 cm³/mol. The minimum absolute atomic E-state index is 0.0448. The van der Waals surface area contributed by atoms with Gasteiger partial charge in [0.05, 0.1) is 36.3 Å². The zero-order valence-electron chi connectivity index (χ0n) is 17.8. The van der Waals surface area contributed by atoms with Crippen molar-refractivity contribution in [2.45, 2.75) is 33.2 Å². The highest BCUT2D eigenvalue weighted by Gasteiger charge is 2.30. The molecule has 11 heteroatoms. The molecular formula is C22H20F5N3O3. The predicted octanol–water partition coefficient (Wildman–Crippen LogP) is 5.43. The standard InChI is InChI=1S/C22H20F5N3O3/c1-12-19(28-20(31)15-7-8-17(33-21(23)24)18(10-15)32-3)13(2)30(29-12)11-14-5-4-6-16(9-14)22(25,26)27/h4-10,21H,11H2,1-3H3,(H,28,31). The Balaban J connectivity index is 1.81. The highest BCUT2D eigenvalue weighted by Crippen LogP contribution is 2.31. The number of methoxy groups -OCH3 is 1. The van der Waals surface area contributed by atoms with E-state index in [2.05, 4.69) is 15.2 Å². The van der Waals surface area contributed by atoms with Gasteiger partial charge < -0.3 is 14.8 Å². The van der Waals surface area contributed by atoms with Gasteiger partial charge in [0.25, 0.3) is 5.91 Å². The number of anilines is 1. The third-order valence-electron chi connectivity index (χ3n) is 4.85. The number of aryl methyl sites for hydroxylation is 1. The van der Waals surface area contributed by atoms with Crippen LogP contribution in [0.25, 0.3) is 0 Å². The van der Waals surface area contributed by atoms with Crippen LogP contribution in [0.5, 0.6) is 11.5 Å². The number of hydrogen-bond donors (Lipinski definition) is 1. The lowest BCUT2D eigenvalue weighted by molar-refractivity contribution is -0.137. The minimum Gasteiger partial charge on any atom is -0.493 e. The first kappa shape index (κ1) is 24.0. The van der Waals surface area contributed by atoms with Gasteiger partial charge in [-0.25, -0.2) is 0 Å². The van der Waals surface area contributed by atoms with Crippen LogP contribution in [0.15, 0.2) is 42.5 Å². The topological polar surface area (TPSA) is 65.4 Å². The van der Waals surface area contributed by atoms with Crippen molar-refractivity contribution < 1.29 is 36.2 Å². The summed E-state index contributed by atoms with van der Waals surface area (Å²) in [5.41, 5.74) is 1.13. The highest BCUT2D eigenvalue weighted by molar-refractivity contribution is 6.05. The van der Waals surface area contributed by atoms with Crippen molar-refractivity contribution in [3.05, 3.63) is 70.5 Å². The summed E-state index contributed by atoms with van der Waals surface area (Å²) < 4.78 is 74.7. The van der Waals surface area contributed by atoms with Crippen LogP contribution < -0.4 is 14.8 Å². The van der Waals surface area contributed by atoms with Gasteiger partial charge in [-0.3, -0.25) is 9.48 Å². The molecule has 1 N–H and O–H groups in total. The van der Waals surface area contributed by atoms with E-state index in [0.29, 0.717) is 22.6 Å². The normalized spacial score (nSPS) is 11.5. The molecule has 33 heavy (non-hydrogen) atoms. The molecule has 0 spiro atoms. The Hall–Kier alpha value is -3.63. The molecule has 2 aromatic carbocycles. The van der Waals surface area contributed by atoms with Crippen molar-refractivity contribution in [2.24, 2.45) is 0 Å². The number of aromatic nitrogens is 2. The van der Waals surface area contributed by atoms with Gasteiger partial charge in [0.1, 0.15) is 0 Å². The summed E-state index contributed by atoms with van der Waals surface area (Å²) in [7, 11) is 1.25. The molecule has 0 bridgehead atoms. The van der Waals surface area contributed by atoms with Gasteiger partial charge in [0.2, 0.25) is 0 Å². The molecular weight excluding hydrogens is 449 g/mol. The number of rotatable bonds is 7. The summed E-state index contributed by atoms with van der Waals surface area (Å²) >= 11 is 0. The average Bonchev–Trinajstić information content (AvgIpc) is 3.00. The van der Waals surface area contributed by atoms with Crippen molar-refractivity contribution in [3.63, 3.8) is 0 Å². The van der Waals surface area contributed by atoms with E-state index in [1.807, 2.05) is 0 Å². The summed E-state index contributed by atoms with van der Waals surface area (Å²) in [5, 5.41) is 7.02. The van der Waals surface area contributed by atoms with Crippen molar-refractivity contribution in [2.75, 3.05) is 12.4 Å². The van der Waals surface area contributed by atoms with Crippen molar-refractivity contribution in [1.82, 2.24) is 9.78 Å². The largest absolute Gasteiger partial charge is 0.493 e. The van der Waals surface area contributed by atoms with Gasteiger partial charge in [-0.2, -0.15) is 27.1 Å². The van der Waals surface area contributed by atoms with Crippen LogP contribution in [0.1, 0.15) is 32.9 Å². The Bertz CT molecular complexity index is 1160. The second-order valence-corrected chi connectivity index (χ2v) is 7.10. The molecule has 0 fully saturated rings. The molecule has 1 heterocycles. The molecule has 0 aliphatic carbocycles. The number of alkyl halides is 5. The Morgan fingerprint density at radius 1 is 1.12 bits per heavy atom. The molecule has 3 aromatic rings. The first-order valence-corrected chi connectivity index (χ1v) is 9.64. The first-order valence-electron chi connectivity index (χ1n) is 9.64. The van der Waals surface area contributed by atoms with Crippen LogP contribution >= 0.6 is 0 Å². The molecule has 0 aliphatic heterocycles. The van der Waals surface area contributed by atoms with Crippen molar-refractivity contribution in [1.29, 1.82) is 0 Å². The fourth-order valence-electron chi connectivity index (χ4n) is 3.24. The number of nitrogens with zero attached hydrogens (tertiary/aromatic N) is 2.